The fourth-order valence-electron chi connectivity index (χ4n) is 4.00. The van der Waals surface area contributed by atoms with Crippen molar-refractivity contribution in [2.75, 3.05) is 23.6 Å². The summed E-state index contributed by atoms with van der Waals surface area (Å²) in [6, 6.07) is 6.21. The first-order chi connectivity index (χ1) is 16.2. The van der Waals surface area contributed by atoms with Crippen molar-refractivity contribution < 1.29 is 4.79 Å². The molecule has 1 atom stereocenters. The molecule has 1 N–H and O–H groups in total. The van der Waals surface area contributed by atoms with Crippen molar-refractivity contribution in [2.24, 2.45) is 0 Å². The highest BCUT2D eigenvalue weighted by molar-refractivity contribution is 8.00. The molecule has 33 heavy (non-hydrogen) atoms. The van der Waals surface area contributed by atoms with Crippen molar-refractivity contribution in [3.05, 3.63) is 24.4 Å². The van der Waals surface area contributed by atoms with Crippen molar-refractivity contribution in [1.82, 2.24) is 4.98 Å². The molecule has 0 radical (unpaired) electrons. The molecule has 1 heterocycles. The van der Waals surface area contributed by atoms with Gasteiger partial charge in [-0.2, -0.15) is 0 Å². The van der Waals surface area contributed by atoms with E-state index in [9.17, 15) is 4.79 Å². The molecule has 0 aliphatic heterocycles. The second-order valence-corrected chi connectivity index (χ2v) is 11.5. The summed E-state index contributed by atoms with van der Waals surface area (Å²) >= 11 is 5.25. The molecule has 0 aliphatic rings. The predicted molar refractivity (Wildman–Crippen MR) is 152 cm³/mol. The third kappa shape index (κ3) is 9.37. The van der Waals surface area contributed by atoms with E-state index in [-0.39, 0.29) is 11.2 Å². The highest BCUT2D eigenvalue weighted by Gasteiger charge is 2.22. The Labute approximate surface area is 214 Å². The maximum absolute atomic E-state index is 13.5. The first kappa shape index (κ1) is 28.4. The molecule has 6 heteroatoms. The van der Waals surface area contributed by atoms with Gasteiger partial charge in [0.2, 0.25) is 5.91 Å². The van der Waals surface area contributed by atoms with E-state index >= 15 is 0 Å². The van der Waals surface area contributed by atoms with Crippen LogP contribution in [-0.2, 0) is 4.79 Å². The Bertz CT molecular complexity index is 843. The Hall–Kier alpha value is -0.850. The molecule has 2 rings (SSSR count). The molecule has 3 nitrogen and oxygen atoms in total. The minimum absolute atomic E-state index is 0.0134. The molecule has 0 bridgehead atoms. The lowest BCUT2D eigenvalue weighted by molar-refractivity contribution is -0.115. The van der Waals surface area contributed by atoms with E-state index in [1.807, 2.05) is 24.0 Å². The zero-order chi connectivity index (χ0) is 23.9. The lowest BCUT2D eigenvalue weighted by Crippen LogP contribution is -2.26. The molecule has 0 aliphatic carbocycles. The molecule has 1 aromatic heterocycles. The van der Waals surface area contributed by atoms with Gasteiger partial charge in [-0.25, -0.2) is 0 Å². The Balaban J connectivity index is 2.13. The van der Waals surface area contributed by atoms with Crippen LogP contribution in [0.25, 0.3) is 10.9 Å². The second kappa shape index (κ2) is 16.7. The summed E-state index contributed by atoms with van der Waals surface area (Å²) in [6.45, 7) is 4.50. The van der Waals surface area contributed by atoms with E-state index in [0.717, 1.165) is 45.0 Å². The number of anilines is 1. The van der Waals surface area contributed by atoms with Crippen molar-refractivity contribution in [1.29, 1.82) is 0 Å². The van der Waals surface area contributed by atoms with Crippen LogP contribution in [0.2, 0.25) is 0 Å². The van der Waals surface area contributed by atoms with Crippen LogP contribution in [0.1, 0.15) is 84.5 Å². The van der Waals surface area contributed by atoms with Gasteiger partial charge < -0.3 is 5.32 Å². The Morgan fingerprint density at radius 3 is 2.30 bits per heavy atom. The lowest BCUT2D eigenvalue weighted by atomic mass is 10.1. The summed E-state index contributed by atoms with van der Waals surface area (Å²) in [5, 5.41) is 4.39. The summed E-state index contributed by atoms with van der Waals surface area (Å²) in [7, 11) is 0. The van der Waals surface area contributed by atoms with E-state index < -0.39 is 0 Å². The number of unbranched alkanes of at least 4 members (excludes halogenated alkanes) is 8. The Morgan fingerprint density at radius 1 is 0.939 bits per heavy atom. The number of hydrogen-bond donors (Lipinski definition) is 1. The number of aromatic nitrogens is 1. The van der Waals surface area contributed by atoms with Crippen LogP contribution in [-0.4, -0.2) is 34.4 Å². The quantitative estimate of drug-likeness (QED) is 0.171. The second-order valence-electron chi connectivity index (χ2n) is 8.52. The van der Waals surface area contributed by atoms with Crippen LogP contribution in [0.5, 0.6) is 0 Å². The fourth-order valence-corrected chi connectivity index (χ4v) is 6.47. The molecule has 0 saturated heterocycles. The van der Waals surface area contributed by atoms with E-state index in [1.54, 1.807) is 23.5 Å². The van der Waals surface area contributed by atoms with E-state index in [1.165, 1.54) is 57.8 Å². The average molecular weight is 507 g/mol. The zero-order valence-electron chi connectivity index (χ0n) is 21.0. The van der Waals surface area contributed by atoms with E-state index in [2.05, 4.69) is 48.8 Å². The van der Waals surface area contributed by atoms with Gasteiger partial charge >= 0.3 is 0 Å². The lowest BCUT2D eigenvalue weighted by Gasteiger charge is -2.20. The topological polar surface area (TPSA) is 42.0 Å². The van der Waals surface area contributed by atoms with Gasteiger partial charge in [-0.15, -0.1) is 35.3 Å². The van der Waals surface area contributed by atoms with Crippen molar-refractivity contribution in [3.63, 3.8) is 0 Å². The number of carbonyl (C=O) groups excluding carboxylic acids is 1. The Kier molecular flexibility index (Phi) is 14.4. The number of nitrogens with one attached hydrogen (secondary N) is 1. The number of nitrogens with zero attached hydrogens (tertiary/aromatic N) is 1. The van der Waals surface area contributed by atoms with Crippen molar-refractivity contribution in [2.45, 2.75) is 99.5 Å². The largest absolute Gasteiger partial charge is 0.324 e. The molecule has 1 amide bonds. The zero-order valence-corrected chi connectivity index (χ0v) is 23.4. The molecular weight excluding hydrogens is 465 g/mol. The highest BCUT2D eigenvalue weighted by Crippen LogP contribution is 2.38. The Morgan fingerprint density at radius 2 is 1.61 bits per heavy atom. The highest BCUT2D eigenvalue weighted by atomic mass is 32.2. The maximum atomic E-state index is 13.5. The number of amides is 1. The first-order valence-electron chi connectivity index (χ1n) is 12.6. The third-order valence-corrected chi connectivity index (χ3v) is 8.83. The van der Waals surface area contributed by atoms with Gasteiger partial charge in [0.25, 0.3) is 0 Å². The van der Waals surface area contributed by atoms with Gasteiger partial charge in [-0.3, -0.25) is 9.78 Å². The molecular formula is C27H42N2OS3. The predicted octanol–water partition coefficient (Wildman–Crippen LogP) is 9.05. The molecule has 0 fully saturated rings. The standard InChI is InChI=1S/C27H42N2OS3/c1-5-7-9-11-12-13-17-22(33-19-14-10-8-6-2)27(30)29-26-21-16-15-18-28-25(21)23(31-3)20-24(26)32-4/h15-16,18,20,22H,5-14,17,19H2,1-4H3,(H,29,30). The SMILES string of the molecule is CCCCCCCCC(SCCCCCC)C(=O)Nc1c(SC)cc(SC)c2ncccc12. The smallest absolute Gasteiger partial charge is 0.237 e. The molecule has 1 aromatic carbocycles. The van der Waals surface area contributed by atoms with Crippen LogP contribution < -0.4 is 5.32 Å². The minimum atomic E-state index is 0.0134. The van der Waals surface area contributed by atoms with Crippen LogP contribution in [0.3, 0.4) is 0 Å². The van der Waals surface area contributed by atoms with Crippen molar-refractivity contribution in [3.8, 4) is 0 Å². The number of fused-ring (bicyclic) bond motifs is 1. The summed E-state index contributed by atoms with van der Waals surface area (Å²) in [6.07, 6.45) is 19.5. The number of benzene rings is 1. The van der Waals surface area contributed by atoms with Crippen LogP contribution in [0, 0.1) is 0 Å². The van der Waals surface area contributed by atoms with E-state index in [4.69, 9.17) is 0 Å². The number of thioether (sulfide) groups is 3. The molecule has 0 spiro atoms. The first-order valence-corrected chi connectivity index (χ1v) is 16.1. The summed E-state index contributed by atoms with van der Waals surface area (Å²) < 4.78 is 0. The van der Waals surface area contributed by atoms with Crippen LogP contribution in [0.4, 0.5) is 5.69 Å². The summed E-state index contributed by atoms with van der Waals surface area (Å²) in [5.41, 5.74) is 1.89. The van der Waals surface area contributed by atoms with Gasteiger partial charge in [0.15, 0.2) is 0 Å². The molecule has 1 unspecified atom stereocenters. The van der Waals surface area contributed by atoms with Crippen LogP contribution in [0.15, 0.2) is 34.2 Å². The number of carbonyl (C=O) groups is 1. The monoisotopic (exact) mass is 506 g/mol. The number of hydrogen-bond acceptors (Lipinski definition) is 5. The van der Waals surface area contributed by atoms with E-state index in [0.29, 0.717) is 0 Å². The van der Waals surface area contributed by atoms with Gasteiger partial charge in [0, 0.05) is 21.4 Å². The molecule has 0 saturated carbocycles. The van der Waals surface area contributed by atoms with Gasteiger partial charge in [0.05, 0.1) is 16.5 Å². The summed E-state index contributed by atoms with van der Waals surface area (Å²) in [4.78, 5) is 20.4. The fraction of sp³-hybridized carbons (Fsp3) is 0.630. The number of rotatable bonds is 17. The normalized spacial score (nSPS) is 12.2. The third-order valence-electron chi connectivity index (χ3n) is 5.94. The van der Waals surface area contributed by atoms with Gasteiger partial charge in [-0.1, -0.05) is 71.6 Å². The van der Waals surface area contributed by atoms with Gasteiger partial charge in [0.1, 0.15) is 0 Å². The van der Waals surface area contributed by atoms with Crippen molar-refractivity contribution >= 4 is 57.8 Å². The molecule has 2 aromatic rings. The van der Waals surface area contributed by atoms with Gasteiger partial charge in [-0.05, 0) is 49.3 Å². The average Bonchev–Trinajstić information content (AvgIpc) is 2.84. The minimum Gasteiger partial charge on any atom is -0.324 e. The molecule has 184 valence electrons. The number of pyridine rings is 1. The summed E-state index contributed by atoms with van der Waals surface area (Å²) in [5.74, 6) is 1.22. The van der Waals surface area contributed by atoms with Crippen LogP contribution >= 0.6 is 35.3 Å². The maximum Gasteiger partial charge on any atom is 0.237 e.